The zero-order valence-electron chi connectivity index (χ0n) is 11.9. The second-order valence-corrected chi connectivity index (χ2v) is 5.88. The molecule has 6 heteroatoms. The number of halogens is 2. The molecule has 0 radical (unpaired) electrons. The lowest BCUT2D eigenvalue weighted by molar-refractivity contribution is 0.0951. The highest BCUT2D eigenvalue weighted by atomic mass is 32.1. The lowest BCUT2D eigenvalue weighted by Crippen LogP contribution is -2.26. The topological polar surface area (TPSA) is 49.3 Å². The highest BCUT2D eigenvalue weighted by Crippen LogP contribution is 2.26. The third-order valence-corrected chi connectivity index (χ3v) is 4.42. The average Bonchev–Trinajstić information content (AvgIpc) is 3.03. The van der Waals surface area contributed by atoms with Crippen LogP contribution in [0.1, 0.15) is 34.0 Å². The van der Waals surface area contributed by atoms with E-state index in [2.05, 4.69) is 5.32 Å². The van der Waals surface area contributed by atoms with Crippen LogP contribution in [0.25, 0.3) is 0 Å². The normalized spacial score (nSPS) is 12.1. The molecule has 0 bridgehead atoms. The number of aliphatic hydroxyl groups excluding tert-OH is 1. The van der Waals surface area contributed by atoms with Gasteiger partial charge in [0.1, 0.15) is 0 Å². The molecular weight excluding hydrogens is 308 g/mol. The van der Waals surface area contributed by atoms with Crippen LogP contribution < -0.4 is 5.32 Å². The Balaban J connectivity index is 1.88. The maximum atomic E-state index is 13.1. The molecule has 22 heavy (non-hydrogen) atoms. The standard InChI is InChI=1S/C16H17F2NO2S/c17-13-4-3-12(10-14(13)18)16(21)19-7-5-11(6-8-20)15-2-1-9-22-15/h1-4,9-11,20H,5-8H2,(H,19,21)/t11-/m1/s1. The highest BCUT2D eigenvalue weighted by molar-refractivity contribution is 7.10. The summed E-state index contributed by atoms with van der Waals surface area (Å²) in [5, 5.41) is 13.8. The summed E-state index contributed by atoms with van der Waals surface area (Å²) in [5.41, 5.74) is 0.0914. The minimum absolute atomic E-state index is 0.0830. The number of aliphatic hydroxyl groups is 1. The van der Waals surface area contributed by atoms with Gasteiger partial charge < -0.3 is 10.4 Å². The number of rotatable bonds is 7. The zero-order valence-corrected chi connectivity index (χ0v) is 12.7. The van der Waals surface area contributed by atoms with Gasteiger partial charge in [-0.1, -0.05) is 6.07 Å². The predicted octanol–water partition coefficient (Wildman–Crippen LogP) is 3.31. The van der Waals surface area contributed by atoms with E-state index < -0.39 is 17.5 Å². The number of benzene rings is 1. The summed E-state index contributed by atoms with van der Waals surface area (Å²) < 4.78 is 25.9. The van der Waals surface area contributed by atoms with Crippen molar-refractivity contribution >= 4 is 17.2 Å². The molecule has 1 heterocycles. The maximum absolute atomic E-state index is 13.1. The molecule has 1 amide bonds. The largest absolute Gasteiger partial charge is 0.396 e. The van der Waals surface area contributed by atoms with Gasteiger partial charge in [-0.3, -0.25) is 4.79 Å². The monoisotopic (exact) mass is 325 g/mol. The third-order valence-electron chi connectivity index (χ3n) is 3.38. The summed E-state index contributed by atoms with van der Waals surface area (Å²) in [6.45, 7) is 0.486. The Kier molecular flexibility index (Phi) is 6.03. The Bertz CT molecular complexity index is 617. The Hall–Kier alpha value is -1.79. The van der Waals surface area contributed by atoms with Crippen molar-refractivity contribution in [3.05, 3.63) is 57.8 Å². The summed E-state index contributed by atoms with van der Waals surface area (Å²) in [6.07, 6.45) is 1.30. The summed E-state index contributed by atoms with van der Waals surface area (Å²) in [4.78, 5) is 13.1. The van der Waals surface area contributed by atoms with Crippen LogP contribution in [-0.2, 0) is 0 Å². The molecule has 3 nitrogen and oxygen atoms in total. The van der Waals surface area contributed by atoms with Crippen LogP contribution in [0, 0.1) is 11.6 Å². The first-order valence-corrected chi connectivity index (χ1v) is 7.87. The summed E-state index contributed by atoms with van der Waals surface area (Å²) in [5.74, 6) is -2.27. The fourth-order valence-electron chi connectivity index (χ4n) is 2.21. The first-order chi connectivity index (χ1) is 10.6. The number of nitrogens with one attached hydrogen (secondary N) is 1. The molecule has 2 N–H and O–H groups in total. The fourth-order valence-corrected chi connectivity index (χ4v) is 3.11. The smallest absolute Gasteiger partial charge is 0.251 e. The SMILES string of the molecule is O=C(NCC[C@H](CCO)c1cccs1)c1ccc(F)c(F)c1. The molecule has 1 atom stereocenters. The van der Waals surface area contributed by atoms with Gasteiger partial charge in [-0.05, 0) is 48.4 Å². The third kappa shape index (κ3) is 4.35. The molecule has 1 aromatic heterocycles. The summed E-state index contributed by atoms with van der Waals surface area (Å²) >= 11 is 1.61. The van der Waals surface area contributed by atoms with E-state index in [0.717, 1.165) is 17.0 Å². The Morgan fingerprint density at radius 2 is 2.05 bits per heavy atom. The van der Waals surface area contributed by atoms with Crippen LogP contribution in [0.2, 0.25) is 0 Å². The highest BCUT2D eigenvalue weighted by Gasteiger charge is 2.14. The molecule has 0 unspecified atom stereocenters. The molecule has 0 saturated heterocycles. The van der Waals surface area contributed by atoms with E-state index in [1.54, 1.807) is 11.3 Å². The Morgan fingerprint density at radius 1 is 1.23 bits per heavy atom. The molecule has 2 rings (SSSR count). The molecular formula is C16H17F2NO2S. The van der Waals surface area contributed by atoms with Gasteiger partial charge in [0.05, 0.1) is 0 Å². The van der Waals surface area contributed by atoms with Gasteiger partial charge in [-0.2, -0.15) is 0 Å². The lowest BCUT2D eigenvalue weighted by atomic mass is 10.00. The minimum Gasteiger partial charge on any atom is -0.396 e. The van der Waals surface area contributed by atoms with Crippen LogP contribution in [0.3, 0.4) is 0 Å². The molecule has 0 fully saturated rings. The summed E-state index contributed by atoms with van der Waals surface area (Å²) in [6, 6.07) is 7.02. The van der Waals surface area contributed by atoms with E-state index in [4.69, 9.17) is 5.11 Å². The summed E-state index contributed by atoms with van der Waals surface area (Å²) in [7, 11) is 0. The molecule has 1 aromatic carbocycles. The predicted molar refractivity (Wildman–Crippen MR) is 82.1 cm³/mol. The first-order valence-electron chi connectivity index (χ1n) is 6.99. The van der Waals surface area contributed by atoms with Gasteiger partial charge in [0, 0.05) is 23.6 Å². The fraction of sp³-hybridized carbons (Fsp3) is 0.312. The minimum atomic E-state index is -1.04. The van der Waals surface area contributed by atoms with Crippen molar-refractivity contribution in [2.24, 2.45) is 0 Å². The lowest BCUT2D eigenvalue weighted by Gasteiger charge is -2.14. The van der Waals surface area contributed by atoms with Gasteiger partial charge in [-0.25, -0.2) is 8.78 Å². The van der Waals surface area contributed by atoms with Crippen LogP contribution in [-0.4, -0.2) is 24.2 Å². The second-order valence-electron chi connectivity index (χ2n) is 4.90. The Labute approximate surface area is 131 Å². The van der Waals surface area contributed by atoms with E-state index >= 15 is 0 Å². The van der Waals surface area contributed by atoms with Crippen molar-refractivity contribution in [1.82, 2.24) is 5.32 Å². The van der Waals surface area contributed by atoms with Gasteiger partial charge >= 0.3 is 0 Å². The molecule has 118 valence electrons. The number of thiophene rings is 1. The van der Waals surface area contributed by atoms with E-state index in [9.17, 15) is 13.6 Å². The number of hydrogen-bond donors (Lipinski definition) is 2. The zero-order chi connectivity index (χ0) is 15.9. The van der Waals surface area contributed by atoms with Crippen LogP contribution in [0.4, 0.5) is 8.78 Å². The van der Waals surface area contributed by atoms with Crippen molar-refractivity contribution in [3.8, 4) is 0 Å². The molecule has 2 aromatic rings. The molecule has 0 aliphatic heterocycles. The molecule has 0 spiro atoms. The maximum Gasteiger partial charge on any atom is 0.251 e. The van der Waals surface area contributed by atoms with Gasteiger partial charge in [0.15, 0.2) is 11.6 Å². The van der Waals surface area contributed by atoms with E-state index in [0.29, 0.717) is 19.4 Å². The van der Waals surface area contributed by atoms with Crippen molar-refractivity contribution in [3.63, 3.8) is 0 Å². The number of carbonyl (C=O) groups excluding carboxylic acids is 1. The van der Waals surface area contributed by atoms with E-state index in [-0.39, 0.29) is 18.1 Å². The van der Waals surface area contributed by atoms with E-state index in [1.165, 1.54) is 6.07 Å². The van der Waals surface area contributed by atoms with Crippen LogP contribution in [0.5, 0.6) is 0 Å². The van der Waals surface area contributed by atoms with Gasteiger partial charge in [-0.15, -0.1) is 11.3 Å². The van der Waals surface area contributed by atoms with Gasteiger partial charge in [0.2, 0.25) is 0 Å². The average molecular weight is 325 g/mol. The van der Waals surface area contributed by atoms with Crippen molar-refractivity contribution < 1.29 is 18.7 Å². The van der Waals surface area contributed by atoms with Crippen molar-refractivity contribution in [1.29, 1.82) is 0 Å². The first kappa shape index (κ1) is 16.6. The number of carbonyl (C=O) groups is 1. The van der Waals surface area contributed by atoms with Crippen molar-refractivity contribution in [2.45, 2.75) is 18.8 Å². The number of hydrogen-bond acceptors (Lipinski definition) is 3. The van der Waals surface area contributed by atoms with Crippen LogP contribution >= 0.6 is 11.3 Å². The second kappa shape index (κ2) is 8.00. The molecule has 0 aliphatic carbocycles. The Morgan fingerprint density at radius 3 is 2.68 bits per heavy atom. The molecule has 0 saturated carbocycles. The molecule has 0 aliphatic rings. The van der Waals surface area contributed by atoms with Crippen LogP contribution in [0.15, 0.2) is 35.7 Å². The van der Waals surface area contributed by atoms with Gasteiger partial charge in [0.25, 0.3) is 5.91 Å². The number of amides is 1. The van der Waals surface area contributed by atoms with Crippen molar-refractivity contribution in [2.75, 3.05) is 13.2 Å². The van der Waals surface area contributed by atoms with E-state index in [1.807, 2.05) is 17.5 Å². The quantitative estimate of drug-likeness (QED) is 0.820.